The van der Waals surface area contributed by atoms with E-state index in [2.05, 4.69) is 27.7 Å². The van der Waals surface area contributed by atoms with Gasteiger partial charge in [0.25, 0.3) is 0 Å². The van der Waals surface area contributed by atoms with Crippen LogP contribution >= 0.6 is 0 Å². The van der Waals surface area contributed by atoms with Crippen molar-refractivity contribution >= 4 is 11.9 Å². The van der Waals surface area contributed by atoms with Crippen LogP contribution in [0.4, 0.5) is 4.79 Å². The van der Waals surface area contributed by atoms with Crippen molar-refractivity contribution in [3.05, 3.63) is 35.9 Å². The molecule has 5 nitrogen and oxygen atoms in total. The van der Waals surface area contributed by atoms with Gasteiger partial charge in [-0.1, -0.05) is 30.3 Å². The molecule has 1 fully saturated rings. The van der Waals surface area contributed by atoms with Crippen LogP contribution in [0.3, 0.4) is 0 Å². The molecule has 2 N–H and O–H groups in total. The number of carbonyl (C=O) groups excluding carboxylic acids is 2. The summed E-state index contributed by atoms with van der Waals surface area (Å²) < 4.78 is 0. The van der Waals surface area contributed by atoms with Gasteiger partial charge in [0.2, 0.25) is 5.91 Å². The van der Waals surface area contributed by atoms with Gasteiger partial charge in [0.1, 0.15) is 0 Å². The average molecular weight is 289 g/mol. The Labute approximate surface area is 125 Å². The maximum atomic E-state index is 12.0. The molecule has 1 heterocycles. The van der Waals surface area contributed by atoms with Gasteiger partial charge in [-0.3, -0.25) is 15.0 Å². The maximum absolute atomic E-state index is 12.0. The highest BCUT2D eigenvalue weighted by atomic mass is 16.2. The standard InChI is InChI=1S/C16H23N3O2/c1-12(2)17-16(21)18-15(20)11-19-10-6-9-14(19)13-7-4-3-5-8-13/h3-5,7-8,12,14H,6,9-11H2,1-2H3,(H2,17,18,20,21). The minimum absolute atomic E-state index is 0.0154. The molecule has 1 unspecified atom stereocenters. The molecule has 0 radical (unpaired) electrons. The molecule has 21 heavy (non-hydrogen) atoms. The van der Waals surface area contributed by atoms with Crippen molar-refractivity contribution in [3.63, 3.8) is 0 Å². The third-order valence-electron chi connectivity index (χ3n) is 3.57. The summed E-state index contributed by atoms with van der Waals surface area (Å²) in [6, 6.07) is 10.1. The number of imide groups is 1. The molecule has 3 amide bonds. The second-order valence-corrected chi connectivity index (χ2v) is 5.72. The topological polar surface area (TPSA) is 61.4 Å². The second kappa shape index (κ2) is 7.22. The number of amides is 3. The third kappa shape index (κ3) is 4.56. The van der Waals surface area contributed by atoms with Gasteiger partial charge in [-0.15, -0.1) is 0 Å². The van der Waals surface area contributed by atoms with Crippen LogP contribution < -0.4 is 10.6 Å². The minimum atomic E-state index is -0.426. The molecule has 1 aliphatic rings. The summed E-state index contributed by atoms with van der Waals surface area (Å²) in [5, 5.41) is 5.03. The van der Waals surface area contributed by atoms with Gasteiger partial charge in [0.15, 0.2) is 0 Å². The number of nitrogens with zero attached hydrogens (tertiary/aromatic N) is 1. The van der Waals surface area contributed by atoms with Gasteiger partial charge in [-0.05, 0) is 38.8 Å². The van der Waals surface area contributed by atoms with E-state index in [0.29, 0.717) is 0 Å². The Morgan fingerprint density at radius 3 is 2.67 bits per heavy atom. The third-order valence-corrected chi connectivity index (χ3v) is 3.57. The molecule has 0 aromatic heterocycles. The Morgan fingerprint density at radius 1 is 1.29 bits per heavy atom. The number of nitrogens with one attached hydrogen (secondary N) is 2. The van der Waals surface area contributed by atoms with Crippen LogP contribution in [0.1, 0.15) is 38.3 Å². The Morgan fingerprint density at radius 2 is 2.00 bits per heavy atom. The first-order valence-electron chi connectivity index (χ1n) is 7.45. The van der Waals surface area contributed by atoms with Gasteiger partial charge in [-0.25, -0.2) is 4.79 Å². The largest absolute Gasteiger partial charge is 0.336 e. The molecule has 114 valence electrons. The predicted molar refractivity (Wildman–Crippen MR) is 81.8 cm³/mol. The van der Waals surface area contributed by atoms with E-state index >= 15 is 0 Å². The first-order chi connectivity index (χ1) is 10.1. The number of likely N-dealkylation sites (tertiary alicyclic amines) is 1. The zero-order valence-corrected chi connectivity index (χ0v) is 12.6. The molecule has 0 saturated carbocycles. The van der Waals surface area contributed by atoms with Crippen LogP contribution in [0.15, 0.2) is 30.3 Å². The van der Waals surface area contributed by atoms with Crippen molar-refractivity contribution in [2.45, 2.75) is 38.8 Å². The van der Waals surface area contributed by atoms with Crippen molar-refractivity contribution in [1.29, 1.82) is 0 Å². The molecule has 1 atom stereocenters. The Bertz CT molecular complexity index is 488. The summed E-state index contributed by atoms with van der Waals surface area (Å²) >= 11 is 0. The quantitative estimate of drug-likeness (QED) is 0.892. The summed E-state index contributed by atoms with van der Waals surface area (Å²) in [6.45, 7) is 4.86. The van der Waals surface area contributed by atoms with E-state index in [1.165, 1.54) is 5.56 Å². The zero-order chi connectivity index (χ0) is 15.2. The van der Waals surface area contributed by atoms with Crippen molar-refractivity contribution in [3.8, 4) is 0 Å². The SMILES string of the molecule is CC(C)NC(=O)NC(=O)CN1CCCC1c1ccccc1. The Balaban J connectivity index is 1.89. The molecule has 1 aliphatic heterocycles. The lowest BCUT2D eigenvalue weighted by Crippen LogP contribution is -2.46. The van der Waals surface area contributed by atoms with E-state index in [1.54, 1.807) is 0 Å². The predicted octanol–water partition coefficient (Wildman–Crippen LogP) is 2.06. The molecule has 0 spiro atoms. The number of carbonyl (C=O) groups is 2. The fourth-order valence-electron chi connectivity index (χ4n) is 2.72. The molecule has 5 heteroatoms. The second-order valence-electron chi connectivity index (χ2n) is 5.72. The van der Waals surface area contributed by atoms with Crippen LogP contribution in [0.2, 0.25) is 0 Å². The molecule has 1 aromatic carbocycles. The molecular formula is C16H23N3O2. The van der Waals surface area contributed by atoms with Gasteiger partial charge in [0, 0.05) is 12.1 Å². The van der Waals surface area contributed by atoms with E-state index in [4.69, 9.17) is 0 Å². The fraction of sp³-hybridized carbons (Fsp3) is 0.500. The highest BCUT2D eigenvalue weighted by Crippen LogP contribution is 2.31. The van der Waals surface area contributed by atoms with Gasteiger partial charge < -0.3 is 5.32 Å². The zero-order valence-electron chi connectivity index (χ0n) is 12.6. The minimum Gasteiger partial charge on any atom is -0.336 e. The number of hydrogen-bond acceptors (Lipinski definition) is 3. The molecule has 0 bridgehead atoms. The highest BCUT2D eigenvalue weighted by molar-refractivity contribution is 5.95. The van der Waals surface area contributed by atoms with Gasteiger partial charge >= 0.3 is 6.03 Å². The molecule has 2 rings (SSSR count). The van der Waals surface area contributed by atoms with Crippen LogP contribution in [0, 0.1) is 0 Å². The van der Waals surface area contributed by atoms with Crippen molar-refractivity contribution < 1.29 is 9.59 Å². The number of urea groups is 1. The van der Waals surface area contributed by atoms with Crippen LogP contribution in [0.5, 0.6) is 0 Å². The van der Waals surface area contributed by atoms with E-state index < -0.39 is 6.03 Å². The number of hydrogen-bond donors (Lipinski definition) is 2. The first-order valence-corrected chi connectivity index (χ1v) is 7.45. The van der Waals surface area contributed by atoms with E-state index in [9.17, 15) is 9.59 Å². The maximum Gasteiger partial charge on any atom is 0.321 e. The lowest BCUT2D eigenvalue weighted by atomic mass is 10.0. The summed E-state index contributed by atoms with van der Waals surface area (Å²) in [5.41, 5.74) is 1.23. The summed E-state index contributed by atoms with van der Waals surface area (Å²) in [5.74, 6) is -0.254. The van der Waals surface area contributed by atoms with Crippen LogP contribution in [-0.2, 0) is 4.79 Å². The highest BCUT2D eigenvalue weighted by Gasteiger charge is 2.27. The van der Waals surface area contributed by atoms with Gasteiger partial charge in [-0.2, -0.15) is 0 Å². The summed E-state index contributed by atoms with van der Waals surface area (Å²) in [4.78, 5) is 25.6. The summed E-state index contributed by atoms with van der Waals surface area (Å²) in [7, 11) is 0. The monoisotopic (exact) mass is 289 g/mol. The smallest absolute Gasteiger partial charge is 0.321 e. The first kappa shape index (κ1) is 15.5. The normalized spacial score (nSPS) is 18.7. The number of rotatable bonds is 4. The van der Waals surface area contributed by atoms with E-state index in [1.807, 2.05) is 32.0 Å². The van der Waals surface area contributed by atoms with Crippen molar-refractivity contribution in [2.75, 3.05) is 13.1 Å². The Kier molecular flexibility index (Phi) is 5.33. The van der Waals surface area contributed by atoms with Crippen LogP contribution in [-0.4, -0.2) is 36.0 Å². The number of benzene rings is 1. The average Bonchev–Trinajstić information content (AvgIpc) is 2.86. The lowest BCUT2D eigenvalue weighted by molar-refractivity contribution is -0.121. The molecule has 1 aromatic rings. The molecule has 1 saturated heterocycles. The van der Waals surface area contributed by atoms with E-state index in [-0.39, 0.29) is 24.5 Å². The van der Waals surface area contributed by atoms with E-state index in [0.717, 1.165) is 19.4 Å². The fourth-order valence-corrected chi connectivity index (χ4v) is 2.72. The van der Waals surface area contributed by atoms with Crippen molar-refractivity contribution in [2.24, 2.45) is 0 Å². The molecular weight excluding hydrogens is 266 g/mol. The van der Waals surface area contributed by atoms with Gasteiger partial charge in [0.05, 0.1) is 6.54 Å². The van der Waals surface area contributed by atoms with Crippen LogP contribution in [0.25, 0.3) is 0 Å². The summed E-state index contributed by atoms with van der Waals surface area (Å²) in [6.07, 6.45) is 2.13. The lowest BCUT2D eigenvalue weighted by Gasteiger charge is -2.24. The molecule has 0 aliphatic carbocycles. The van der Waals surface area contributed by atoms with Crippen molar-refractivity contribution in [1.82, 2.24) is 15.5 Å². The Hall–Kier alpha value is -1.88.